The van der Waals surface area contributed by atoms with Gasteiger partial charge < -0.3 is 15.7 Å². The van der Waals surface area contributed by atoms with Crippen molar-refractivity contribution in [3.63, 3.8) is 0 Å². The van der Waals surface area contributed by atoms with Crippen molar-refractivity contribution in [3.8, 4) is 11.3 Å². The van der Waals surface area contributed by atoms with Crippen LogP contribution in [0.25, 0.3) is 22.2 Å². The average Bonchev–Trinajstić information content (AvgIpc) is 3.03. The number of aromatic nitrogens is 3. The Kier molecular flexibility index (Phi) is 3.32. The lowest BCUT2D eigenvalue weighted by Crippen LogP contribution is -2.12. The van der Waals surface area contributed by atoms with Crippen LogP contribution in [-0.4, -0.2) is 21.5 Å². The van der Waals surface area contributed by atoms with Crippen LogP contribution in [0.4, 0.5) is 0 Å². The number of imidazole rings is 1. The summed E-state index contributed by atoms with van der Waals surface area (Å²) < 4.78 is 0. The fourth-order valence-corrected chi connectivity index (χ4v) is 2.77. The van der Waals surface area contributed by atoms with Crippen molar-refractivity contribution in [2.75, 3.05) is 6.54 Å². The fraction of sp³-hybridized carbons (Fsp3) is 0.312. The van der Waals surface area contributed by atoms with E-state index in [1.165, 1.54) is 10.9 Å². The van der Waals surface area contributed by atoms with E-state index in [1.54, 1.807) is 0 Å². The molecule has 4 heteroatoms. The maximum atomic E-state index is 5.80. The summed E-state index contributed by atoms with van der Waals surface area (Å²) in [6.07, 6.45) is 2.91. The molecular formula is C16H20N4. The Morgan fingerprint density at radius 3 is 2.80 bits per heavy atom. The van der Waals surface area contributed by atoms with Gasteiger partial charge in [0, 0.05) is 34.6 Å². The quantitative estimate of drug-likeness (QED) is 0.679. The number of fused-ring (bicyclic) bond motifs is 1. The van der Waals surface area contributed by atoms with Crippen molar-refractivity contribution >= 4 is 10.9 Å². The summed E-state index contributed by atoms with van der Waals surface area (Å²) in [6, 6.07) is 8.33. The van der Waals surface area contributed by atoms with E-state index in [0.29, 0.717) is 12.5 Å². The zero-order chi connectivity index (χ0) is 14.1. The summed E-state index contributed by atoms with van der Waals surface area (Å²) >= 11 is 0. The Hall–Kier alpha value is -2.07. The first kappa shape index (κ1) is 12.9. The van der Waals surface area contributed by atoms with Gasteiger partial charge in [-0.3, -0.25) is 0 Å². The van der Waals surface area contributed by atoms with E-state index < -0.39 is 0 Å². The molecule has 3 aromatic rings. The van der Waals surface area contributed by atoms with Crippen molar-refractivity contribution in [2.24, 2.45) is 5.73 Å². The van der Waals surface area contributed by atoms with Gasteiger partial charge in [-0.25, -0.2) is 4.98 Å². The van der Waals surface area contributed by atoms with Crippen LogP contribution in [0, 0.1) is 6.92 Å². The molecule has 4 N–H and O–H groups in total. The van der Waals surface area contributed by atoms with Gasteiger partial charge in [0.05, 0.1) is 11.9 Å². The number of nitrogens with zero attached hydrogens (tertiary/aromatic N) is 1. The van der Waals surface area contributed by atoms with Crippen LogP contribution in [-0.2, 0) is 0 Å². The number of rotatable bonds is 4. The normalized spacial score (nSPS) is 12.9. The lowest BCUT2D eigenvalue weighted by molar-refractivity contribution is 0.639. The van der Waals surface area contributed by atoms with Gasteiger partial charge in [-0.15, -0.1) is 0 Å². The first-order valence-corrected chi connectivity index (χ1v) is 7.07. The predicted molar refractivity (Wildman–Crippen MR) is 82.7 cm³/mol. The van der Waals surface area contributed by atoms with Crippen molar-refractivity contribution in [3.05, 3.63) is 42.0 Å². The highest BCUT2D eigenvalue weighted by atomic mass is 14.9. The zero-order valence-electron chi connectivity index (χ0n) is 11.9. The molecule has 0 bridgehead atoms. The van der Waals surface area contributed by atoms with Crippen LogP contribution in [0.15, 0.2) is 30.5 Å². The zero-order valence-corrected chi connectivity index (χ0v) is 11.9. The predicted octanol–water partition coefficient (Wildman–Crippen LogP) is 3.32. The molecule has 1 aromatic carbocycles. The minimum Gasteiger partial charge on any atom is -0.358 e. The van der Waals surface area contributed by atoms with Gasteiger partial charge in [0.25, 0.3) is 0 Å². The summed E-state index contributed by atoms with van der Waals surface area (Å²) in [5.41, 5.74) is 10.4. The van der Waals surface area contributed by atoms with Crippen molar-refractivity contribution in [2.45, 2.75) is 26.2 Å². The lowest BCUT2D eigenvalue weighted by Gasteiger charge is -2.07. The minimum atomic E-state index is 0.300. The number of aryl methyl sites for hydroxylation is 1. The van der Waals surface area contributed by atoms with E-state index in [9.17, 15) is 0 Å². The number of nitrogens with one attached hydrogen (secondary N) is 2. The Bertz CT molecular complexity index is 719. The van der Waals surface area contributed by atoms with Gasteiger partial charge in [0.15, 0.2) is 0 Å². The fourth-order valence-electron chi connectivity index (χ4n) is 2.77. The first-order chi connectivity index (χ1) is 9.74. The Balaban J connectivity index is 2.10. The molecule has 1 unspecified atom stereocenters. The topological polar surface area (TPSA) is 70.5 Å². The number of H-pyrrole nitrogens is 2. The van der Waals surface area contributed by atoms with E-state index in [2.05, 4.69) is 47.0 Å². The van der Waals surface area contributed by atoms with E-state index in [1.807, 2.05) is 12.3 Å². The van der Waals surface area contributed by atoms with E-state index in [0.717, 1.165) is 29.1 Å². The molecule has 0 saturated heterocycles. The van der Waals surface area contributed by atoms with Crippen LogP contribution in [0.2, 0.25) is 0 Å². The number of hydrogen-bond donors (Lipinski definition) is 3. The smallest absolute Gasteiger partial charge is 0.110 e. The Morgan fingerprint density at radius 1 is 1.25 bits per heavy atom. The number of hydrogen-bond acceptors (Lipinski definition) is 2. The highest BCUT2D eigenvalue weighted by molar-refractivity contribution is 5.96. The molecule has 0 fully saturated rings. The molecule has 4 nitrogen and oxygen atoms in total. The second-order valence-corrected chi connectivity index (χ2v) is 5.19. The van der Waals surface area contributed by atoms with Crippen LogP contribution in [0.3, 0.4) is 0 Å². The molecule has 3 rings (SSSR count). The Labute approximate surface area is 118 Å². The molecule has 0 radical (unpaired) electrons. The lowest BCUT2D eigenvalue weighted by atomic mass is 10.1. The van der Waals surface area contributed by atoms with Gasteiger partial charge in [-0.2, -0.15) is 0 Å². The van der Waals surface area contributed by atoms with Crippen LogP contribution >= 0.6 is 0 Å². The van der Waals surface area contributed by atoms with Crippen LogP contribution in [0.1, 0.15) is 30.8 Å². The van der Waals surface area contributed by atoms with E-state index in [4.69, 9.17) is 5.73 Å². The molecular weight excluding hydrogens is 248 g/mol. The number of para-hydroxylation sites is 1. The molecule has 2 aromatic heterocycles. The highest BCUT2D eigenvalue weighted by Gasteiger charge is 2.15. The summed E-state index contributed by atoms with van der Waals surface area (Å²) in [5, 5.41) is 1.22. The number of benzene rings is 1. The van der Waals surface area contributed by atoms with Crippen LogP contribution in [0.5, 0.6) is 0 Å². The number of aromatic amines is 2. The second kappa shape index (κ2) is 5.13. The number of nitrogens with two attached hydrogens (primary N) is 1. The summed E-state index contributed by atoms with van der Waals surface area (Å²) in [7, 11) is 0. The summed E-state index contributed by atoms with van der Waals surface area (Å²) in [6.45, 7) is 4.85. The molecule has 1 atom stereocenters. The molecule has 2 heterocycles. The standard InChI is InChI=1S/C16H20N4/c1-3-11(8-17)16-18-9-14(20-16)15-10(2)19-13-7-5-4-6-12(13)15/h4-7,9,11,19H,3,8,17H2,1-2H3,(H,18,20). The molecule has 0 saturated carbocycles. The van der Waals surface area contributed by atoms with Gasteiger partial charge in [-0.1, -0.05) is 25.1 Å². The van der Waals surface area contributed by atoms with Crippen molar-refractivity contribution in [1.29, 1.82) is 0 Å². The SMILES string of the molecule is CCC(CN)c1ncc(-c2c(C)[nH]c3ccccc23)[nH]1. The molecule has 0 aliphatic carbocycles. The highest BCUT2D eigenvalue weighted by Crippen LogP contribution is 2.31. The van der Waals surface area contributed by atoms with Gasteiger partial charge in [-0.05, 0) is 19.4 Å². The monoisotopic (exact) mass is 268 g/mol. The third kappa shape index (κ3) is 2.02. The summed E-state index contributed by atoms with van der Waals surface area (Å²) in [5.74, 6) is 1.28. The maximum Gasteiger partial charge on any atom is 0.110 e. The van der Waals surface area contributed by atoms with Gasteiger partial charge in [0.2, 0.25) is 0 Å². The minimum absolute atomic E-state index is 0.300. The Morgan fingerprint density at radius 2 is 2.05 bits per heavy atom. The molecule has 0 spiro atoms. The third-order valence-electron chi connectivity index (χ3n) is 3.92. The van der Waals surface area contributed by atoms with E-state index >= 15 is 0 Å². The van der Waals surface area contributed by atoms with Gasteiger partial charge in [0.1, 0.15) is 5.82 Å². The van der Waals surface area contributed by atoms with Gasteiger partial charge >= 0.3 is 0 Å². The third-order valence-corrected chi connectivity index (χ3v) is 3.92. The molecule has 20 heavy (non-hydrogen) atoms. The maximum absolute atomic E-state index is 5.80. The molecule has 104 valence electrons. The average molecular weight is 268 g/mol. The first-order valence-electron chi connectivity index (χ1n) is 7.07. The molecule has 0 aliphatic rings. The van der Waals surface area contributed by atoms with Crippen LogP contribution < -0.4 is 5.73 Å². The molecule has 0 amide bonds. The van der Waals surface area contributed by atoms with Crippen molar-refractivity contribution < 1.29 is 0 Å². The largest absolute Gasteiger partial charge is 0.358 e. The summed E-state index contributed by atoms with van der Waals surface area (Å²) in [4.78, 5) is 11.4. The van der Waals surface area contributed by atoms with E-state index in [-0.39, 0.29) is 0 Å². The second-order valence-electron chi connectivity index (χ2n) is 5.19. The molecule has 0 aliphatic heterocycles. The van der Waals surface area contributed by atoms with Crippen molar-refractivity contribution in [1.82, 2.24) is 15.0 Å².